The van der Waals surface area contributed by atoms with Gasteiger partial charge in [0.15, 0.2) is 5.82 Å². The monoisotopic (exact) mass is 318 g/mol. The van der Waals surface area contributed by atoms with E-state index in [1.165, 1.54) is 4.90 Å². The number of rotatable bonds is 2. The maximum absolute atomic E-state index is 14.2. The molecule has 0 spiro atoms. The molecule has 0 bridgehead atoms. The Morgan fingerprint density at radius 3 is 2.43 bits per heavy atom. The summed E-state index contributed by atoms with van der Waals surface area (Å²) in [6.07, 6.45) is 0.755. The van der Waals surface area contributed by atoms with Crippen LogP contribution in [0, 0.1) is 17.6 Å². The molecule has 8 heteroatoms. The average molecular weight is 318 g/mol. The molecule has 1 aliphatic rings. The molecule has 1 aliphatic heterocycles. The van der Waals surface area contributed by atoms with Crippen LogP contribution in [0.4, 0.5) is 8.78 Å². The highest BCUT2D eigenvalue weighted by Crippen LogP contribution is 2.27. The highest BCUT2D eigenvalue weighted by atomic mass is 32.2. The summed E-state index contributed by atoms with van der Waals surface area (Å²) in [4.78, 5) is 12.7. The second-order valence-corrected chi connectivity index (χ2v) is 6.99. The number of carbonyl (C=O) groups excluding carboxylic acids is 1. The van der Waals surface area contributed by atoms with Crippen molar-refractivity contribution in [3.8, 4) is 0 Å². The fraction of sp³-hybridized carbons (Fsp3) is 0.462. The van der Waals surface area contributed by atoms with Gasteiger partial charge < -0.3 is 4.90 Å². The number of carbonyl (C=O) groups is 1. The van der Waals surface area contributed by atoms with Crippen LogP contribution in [0.25, 0.3) is 0 Å². The molecule has 1 aromatic carbocycles. The molecule has 0 saturated carbocycles. The Kier molecular flexibility index (Phi) is 4.03. The highest BCUT2D eigenvalue weighted by molar-refractivity contribution is 7.89. The lowest BCUT2D eigenvalue weighted by Crippen LogP contribution is -2.35. The fourth-order valence-corrected chi connectivity index (χ4v) is 3.30. The molecule has 5 nitrogen and oxygen atoms in total. The van der Waals surface area contributed by atoms with Crippen molar-refractivity contribution in [2.45, 2.75) is 31.2 Å². The zero-order chi connectivity index (χ0) is 15.9. The van der Waals surface area contributed by atoms with Gasteiger partial charge in [0, 0.05) is 12.6 Å². The molecule has 2 N–H and O–H groups in total. The number of amides is 1. The van der Waals surface area contributed by atoms with Gasteiger partial charge in [0.25, 0.3) is 5.91 Å². The Balaban J connectivity index is 2.50. The minimum absolute atomic E-state index is 0.117. The number of nitrogens with two attached hydrogens (primary N) is 1. The summed E-state index contributed by atoms with van der Waals surface area (Å²) in [6, 6.07) is 1.05. The standard InChI is InChI=1S/C13H16F2N2O3S/c1-7-3-8(2)17(6-7)13(18)10-4-9(14)5-11(12(10)15)21(16,19)20/h4-5,7-8H,3,6H2,1-2H3,(H2,16,19,20). The highest BCUT2D eigenvalue weighted by Gasteiger charge is 2.33. The number of halogens is 2. The van der Waals surface area contributed by atoms with E-state index in [0.717, 1.165) is 6.42 Å². The molecule has 1 saturated heterocycles. The maximum Gasteiger partial charge on any atom is 0.257 e. The van der Waals surface area contributed by atoms with E-state index in [2.05, 4.69) is 0 Å². The summed E-state index contributed by atoms with van der Waals surface area (Å²) in [5, 5.41) is 4.84. The average Bonchev–Trinajstić information content (AvgIpc) is 2.68. The molecule has 1 amide bonds. The van der Waals surface area contributed by atoms with Gasteiger partial charge in [0.05, 0.1) is 5.56 Å². The van der Waals surface area contributed by atoms with Crippen LogP contribution in [0.5, 0.6) is 0 Å². The van der Waals surface area contributed by atoms with Crippen LogP contribution in [0.2, 0.25) is 0 Å². The van der Waals surface area contributed by atoms with Crippen molar-refractivity contribution in [1.29, 1.82) is 0 Å². The smallest absolute Gasteiger partial charge is 0.257 e. The predicted molar refractivity (Wildman–Crippen MR) is 72.0 cm³/mol. The van der Waals surface area contributed by atoms with E-state index in [-0.39, 0.29) is 12.0 Å². The molecule has 1 aromatic rings. The van der Waals surface area contributed by atoms with Crippen LogP contribution in [-0.2, 0) is 10.0 Å². The maximum atomic E-state index is 14.2. The van der Waals surface area contributed by atoms with Gasteiger partial charge in [-0.05, 0) is 31.4 Å². The molecule has 0 aromatic heterocycles. The fourth-order valence-electron chi connectivity index (χ4n) is 2.66. The SMILES string of the molecule is CC1CC(C)N(C(=O)c2cc(F)cc(S(N)(=O)=O)c2F)C1. The van der Waals surface area contributed by atoms with Crippen LogP contribution in [0.3, 0.4) is 0 Å². The number of hydrogen-bond donors (Lipinski definition) is 1. The van der Waals surface area contributed by atoms with Crippen molar-refractivity contribution < 1.29 is 22.0 Å². The van der Waals surface area contributed by atoms with Crippen molar-refractivity contribution in [2.24, 2.45) is 11.1 Å². The molecule has 116 valence electrons. The number of benzene rings is 1. The quantitative estimate of drug-likeness (QED) is 0.897. The molecular formula is C13H16F2N2O3S. The molecule has 2 rings (SSSR count). The molecule has 0 aliphatic carbocycles. The van der Waals surface area contributed by atoms with Crippen LogP contribution in [0.15, 0.2) is 17.0 Å². The summed E-state index contributed by atoms with van der Waals surface area (Å²) < 4.78 is 50.2. The molecule has 1 fully saturated rings. The van der Waals surface area contributed by atoms with Crippen LogP contribution >= 0.6 is 0 Å². The van der Waals surface area contributed by atoms with Gasteiger partial charge in [-0.15, -0.1) is 0 Å². The topological polar surface area (TPSA) is 80.5 Å². The van der Waals surface area contributed by atoms with Crippen LogP contribution < -0.4 is 5.14 Å². The van der Waals surface area contributed by atoms with E-state index in [0.29, 0.717) is 18.7 Å². The predicted octanol–water partition coefficient (Wildman–Crippen LogP) is 1.48. The zero-order valence-electron chi connectivity index (χ0n) is 11.6. The lowest BCUT2D eigenvalue weighted by molar-refractivity contribution is 0.0737. The number of likely N-dealkylation sites (tertiary alicyclic amines) is 1. The third kappa shape index (κ3) is 3.06. The molecule has 2 unspecified atom stereocenters. The first-order chi connectivity index (χ1) is 9.61. The lowest BCUT2D eigenvalue weighted by atomic mass is 10.1. The van der Waals surface area contributed by atoms with Gasteiger partial charge in [-0.2, -0.15) is 0 Å². The largest absolute Gasteiger partial charge is 0.336 e. The third-order valence-corrected chi connectivity index (χ3v) is 4.50. The summed E-state index contributed by atoms with van der Waals surface area (Å²) in [5.74, 6) is -2.81. The van der Waals surface area contributed by atoms with E-state index in [4.69, 9.17) is 5.14 Å². The Morgan fingerprint density at radius 2 is 1.95 bits per heavy atom. The van der Waals surface area contributed by atoms with Gasteiger partial charge in [-0.25, -0.2) is 22.3 Å². The Morgan fingerprint density at radius 1 is 1.33 bits per heavy atom. The van der Waals surface area contributed by atoms with Gasteiger partial charge in [-0.1, -0.05) is 6.92 Å². The minimum Gasteiger partial charge on any atom is -0.336 e. The second-order valence-electron chi connectivity index (χ2n) is 5.46. The third-order valence-electron chi connectivity index (χ3n) is 3.59. The Hall–Kier alpha value is -1.54. The van der Waals surface area contributed by atoms with Gasteiger partial charge >= 0.3 is 0 Å². The van der Waals surface area contributed by atoms with Crippen molar-refractivity contribution in [2.75, 3.05) is 6.54 Å². The normalized spacial score (nSPS) is 22.6. The van der Waals surface area contributed by atoms with E-state index >= 15 is 0 Å². The summed E-state index contributed by atoms with van der Waals surface area (Å²) in [5.41, 5.74) is -0.611. The number of sulfonamides is 1. The van der Waals surface area contributed by atoms with E-state index < -0.39 is 38.0 Å². The Bertz CT molecular complexity index is 691. The van der Waals surface area contributed by atoms with Crippen molar-refractivity contribution in [3.63, 3.8) is 0 Å². The van der Waals surface area contributed by atoms with Gasteiger partial charge in [0.1, 0.15) is 10.7 Å². The molecule has 2 atom stereocenters. The first-order valence-corrected chi connectivity index (χ1v) is 7.98. The zero-order valence-corrected chi connectivity index (χ0v) is 12.5. The van der Waals surface area contributed by atoms with Crippen molar-refractivity contribution in [3.05, 3.63) is 29.3 Å². The number of nitrogens with zero attached hydrogens (tertiary/aromatic N) is 1. The van der Waals surface area contributed by atoms with Crippen molar-refractivity contribution in [1.82, 2.24) is 4.90 Å². The van der Waals surface area contributed by atoms with E-state index in [9.17, 15) is 22.0 Å². The number of primary sulfonamides is 1. The minimum atomic E-state index is -4.45. The summed E-state index contributed by atoms with van der Waals surface area (Å²) >= 11 is 0. The first-order valence-electron chi connectivity index (χ1n) is 6.44. The second kappa shape index (κ2) is 5.34. The Labute approximate surface area is 121 Å². The summed E-state index contributed by atoms with van der Waals surface area (Å²) in [6.45, 7) is 4.17. The molecular weight excluding hydrogens is 302 g/mol. The van der Waals surface area contributed by atoms with Crippen LogP contribution in [-0.4, -0.2) is 31.8 Å². The van der Waals surface area contributed by atoms with Crippen LogP contribution in [0.1, 0.15) is 30.6 Å². The molecule has 0 radical (unpaired) electrons. The van der Waals surface area contributed by atoms with E-state index in [1.807, 2.05) is 6.92 Å². The molecule has 1 heterocycles. The van der Waals surface area contributed by atoms with Crippen molar-refractivity contribution >= 4 is 15.9 Å². The number of hydrogen-bond acceptors (Lipinski definition) is 3. The lowest BCUT2D eigenvalue weighted by Gasteiger charge is -2.22. The van der Waals surface area contributed by atoms with E-state index in [1.54, 1.807) is 6.92 Å². The molecule has 21 heavy (non-hydrogen) atoms. The first kappa shape index (κ1) is 15.8. The van der Waals surface area contributed by atoms with Gasteiger partial charge in [-0.3, -0.25) is 4.79 Å². The van der Waals surface area contributed by atoms with Gasteiger partial charge in [0.2, 0.25) is 10.0 Å². The summed E-state index contributed by atoms with van der Waals surface area (Å²) in [7, 11) is -4.45.